The highest BCUT2D eigenvalue weighted by Crippen LogP contribution is 2.22. The third kappa shape index (κ3) is 3.38. The van der Waals surface area contributed by atoms with Crippen LogP contribution < -0.4 is 10.0 Å². The molecule has 0 unspecified atom stereocenters. The molecule has 1 aromatic heterocycles. The molecule has 108 valence electrons. The number of rotatable bonds is 5. The minimum absolute atomic E-state index is 0.128. The van der Waals surface area contributed by atoms with Gasteiger partial charge in [0.1, 0.15) is 10.7 Å². The van der Waals surface area contributed by atoms with E-state index in [2.05, 4.69) is 31.0 Å². The summed E-state index contributed by atoms with van der Waals surface area (Å²) in [4.78, 5) is 3.00. The number of halogens is 2. The van der Waals surface area contributed by atoms with Crippen LogP contribution in [0.15, 0.2) is 39.8 Å². The van der Waals surface area contributed by atoms with Gasteiger partial charge in [-0.25, -0.2) is 12.8 Å². The van der Waals surface area contributed by atoms with E-state index in [1.54, 1.807) is 7.05 Å². The van der Waals surface area contributed by atoms with Gasteiger partial charge >= 0.3 is 0 Å². The van der Waals surface area contributed by atoms with E-state index < -0.39 is 15.8 Å². The number of aromatic nitrogens is 1. The van der Waals surface area contributed by atoms with E-state index in [1.807, 2.05) is 0 Å². The number of hydrogen-bond acceptors (Lipinski definition) is 3. The molecule has 8 heteroatoms. The van der Waals surface area contributed by atoms with Gasteiger partial charge in [-0.15, -0.1) is 0 Å². The smallest absolute Gasteiger partial charge is 0.263 e. The van der Waals surface area contributed by atoms with Crippen molar-refractivity contribution < 1.29 is 12.8 Å². The normalized spacial score (nSPS) is 11.6. The van der Waals surface area contributed by atoms with E-state index in [0.29, 0.717) is 6.54 Å². The van der Waals surface area contributed by atoms with Gasteiger partial charge in [-0.3, -0.25) is 4.72 Å². The SMILES string of the molecule is CNCc1cc(S(=O)(=O)Nc2ccc(F)c(Br)c2)c[nH]1. The van der Waals surface area contributed by atoms with Crippen molar-refractivity contribution in [3.63, 3.8) is 0 Å². The Balaban J connectivity index is 2.23. The number of H-pyrrole nitrogens is 1. The van der Waals surface area contributed by atoms with Crippen LogP contribution in [0.25, 0.3) is 0 Å². The highest BCUT2D eigenvalue weighted by molar-refractivity contribution is 9.10. The van der Waals surface area contributed by atoms with Crippen molar-refractivity contribution in [2.24, 2.45) is 0 Å². The van der Waals surface area contributed by atoms with Crippen molar-refractivity contribution in [2.45, 2.75) is 11.4 Å². The first-order chi connectivity index (χ1) is 9.42. The summed E-state index contributed by atoms with van der Waals surface area (Å²) in [5.41, 5.74) is 1.04. The molecular formula is C12H13BrFN3O2S. The summed E-state index contributed by atoms with van der Waals surface area (Å²) in [5, 5.41) is 2.92. The first kappa shape index (κ1) is 15.0. The predicted octanol–water partition coefficient (Wildman–Crippen LogP) is 2.44. The number of aromatic amines is 1. The molecule has 1 aromatic carbocycles. The molecule has 0 aliphatic carbocycles. The Hall–Kier alpha value is -1.38. The zero-order chi connectivity index (χ0) is 14.8. The zero-order valence-corrected chi connectivity index (χ0v) is 13.0. The van der Waals surface area contributed by atoms with E-state index in [1.165, 1.54) is 30.5 Å². The van der Waals surface area contributed by atoms with Crippen LogP contribution in [-0.2, 0) is 16.6 Å². The van der Waals surface area contributed by atoms with E-state index in [-0.39, 0.29) is 15.1 Å². The minimum Gasteiger partial charge on any atom is -0.363 e. The van der Waals surface area contributed by atoms with Crippen LogP contribution in [0, 0.1) is 5.82 Å². The van der Waals surface area contributed by atoms with E-state index in [4.69, 9.17) is 0 Å². The maximum Gasteiger partial charge on any atom is 0.263 e. The van der Waals surface area contributed by atoms with Gasteiger partial charge in [0.15, 0.2) is 0 Å². The largest absolute Gasteiger partial charge is 0.363 e. The van der Waals surface area contributed by atoms with Gasteiger partial charge in [0.2, 0.25) is 0 Å². The lowest BCUT2D eigenvalue weighted by Crippen LogP contribution is -2.12. The molecule has 0 radical (unpaired) electrons. The summed E-state index contributed by atoms with van der Waals surface area (Å²) in [6.07, 6.45) is 1.41. The maximum atomic E-state index is 13.1. The quantitative estimate of drug-likeness (QED) is 0.765. The molecule has 0 spiro atoms. The Morgan fingerprint density at radius 1 is 1.35 bits per heavy atom. The number of hydrogen-bond donors (Lipinski definition) is 3. The molecule has 20 heavy (non-hydrogen) atoms. The van der Waals surface area contributed by atoms with Crippen LogP contribution in [0.1, 0.15) is 5.69 Å². The fourth-order valence-electron chi connectivity index (χ4n) is 1.64. The van der Waals surface area contributed by atoms with Crippen LogP contribution in [-0.4, -0.2) is 20.4 Å². The average Bonchev–Trinajstić information content (AvgIpc) is 2.83. The molecular weight excluding hydrogens is 349 g/mol. The zero-order valence-electron chi connectivity index (χ0n) is 10.6. The van der Waals surface area contributed by atoms with Gasteiger partial charge < -0.3 is 10.3 Å². The molecule has 2 rings (SSSR count). The van der Waals surface area contributed by atoms with Crippen LogP contribution in [0.5, 0.6) is 0 Å². The molecule has 0 aliphatic heterocycles. The minimum atomic E-state index is -3.69. The fourth-order valence-corrected chi connectivity index (χ4v) is 3.09. The Labute approximate surface area is 124 Å². The van der Waals surface area contributed by atoms with Crippen molar-refractivity contribution in [3.8, 4) is 0 Å². The van der Waals surface area contributed by atoms with Crippen LogP contribution in [0.3, 0.4) is 0 Å². The Morgan fingerprint density at radius 2 is 2.10 bits per heavy atom. The standard InChI is InChI=1S/C12H13BrFN3O2S/c1-15-6-9-4-10(7-16-9)20(18,19)17-8-2-3-12(14)11(13)5-8/h2-5,7,15-17H,6H2,1H3. The molecule has 0 fully saturated rings. The summed E-state index contributed by atoms with van der Waals surface area (Å²) in [6.45, 7) is 0.539. The van der Waals surface area contributed by atoms with E-state index in [0.717, 1.165) is 5.69 Å². The fraction of sp³-hybridized carbons (Fsp3) is 0.167. The van der Waals surface area contributed by atoms with Gasteiger partial charge in [0.25, 0.3) is 10.0 Å². The van der Waals surface area contributed by atoms with Gasteiger partial charge in [0, 0.05) is 18.4 Å². The molecule has 0 bridgehead atoms. The lowest BCUT2D eigenvalue weighted by atomic mass is 10.3. The highest BCUT2D eigenvalue weighted by Gasteiger charge is 2.16. The van der Waals surface area contributed by atoms with Gasteiger partial charge in [0.05, 0.1) is 10.2 Å². The summed E-state index contributed by atoms with van der Waals surface area (Å²) < 4.78 is 40.0. The van der Waals surface area contributed by atoms with Gasteiger partial charge in [-0.05, 0) is 47.2 Å². The van der Waals surface area contributed by atoms with Crippen LogP contribution in [0.4, 0.5) is 10.1 Å². The molecule has 0 aliphatic rings. The molecule has 0 saturated carbocycles. The van der Waals surface area contributed by atoms with Crippen LogP contribution >= 0.6 is 15.9 Å². The second kappa shape index (κ2) is 5.94. The Kier molecular flexibility index (Phi) is 4.46. The van der Waals surface area contributed by atoms with E-state index >= 15 is 0 Å². The molecule has 0 saturated heterocycles. The molecule has 5 nitrogen and oxygen atoms in total. The first-order valence-electron chi connectivity index (χ1n) is 5.72. The number of sulfonamides is 1. The average molecular weight is 362 g/mol. The maximum absolute atomic E-state index is 13.1. The number of nitrogens with one attached hydrogen (secondary N) is 3. The van der Waals surface area contributed by atoms with Crippen molar-refractivity contribution in [1.29, 1.82) is 0 Å². The third-order valence-corrected chi connectivity index (χ3v) is 4.53. The Bertz CT molecular complexity index is 715. The van der Waals surface area contributed by atoms with Gasteiger partial charge in [-0.2, -0.15) is 0 Å². The van der Waals surface area contributed by atoms with Crippen molar-refractivity contribution in [1.82, 2.24) is 10.3 Å². The second-order valence-corrected chi connectivity index (χ2v) is 6.66. The van der Waals surface area contributed by atoms with Crippen LogP contribution in [0.2, 0.25) is 0 Å². The lowest BCUT2D eigenvalue weighted by molar-refractivity contribution is 0.601. The lowest BCUT2D eigenvalue weighted by Gasteiger charge is -2.07. The highest BCUT2D eigenvalue weighted by atomic mass is 79.9. The van der Waals surface area contributed by atoms with Crippen molar-refractivity contribution in [3.05, 3.63) is 46.4 Å². The topological polar surface area (TPSA) is 74.0 Å². The molecule has 1 heterocycles. The summed E-state index contributed by atoms with van der Waals surface area (Å²) in [7, 11) is -1.93. The summed E-state index contributed by atoms with van der Waals surface area (Å²) in [6, 6.07) is 5.45. The van der Waals surface area contributed by atoms with Crippen molar-refractivity contribution >= 4 is 31.6 Å². The number of benzene rings is 1. The van der Waals surface area contributed by atoms with Gasteiger partial charge in [-0.1, -0.05) is 0 Å². The molecule has 3 N–H and O–H groups in total. The Morgan fingerprint density at radius 3 is 2.75 bits per heavy atom. The molecule has 0 atom stereocenters. The predicted molar refractivity (Wildman–Crippen MR) is 78.5 cm³/mol. The third-order valence-electron chi connectivity index (χ3n) is 2.57. The first-order valence-corrected chi connectivity index (χ1v) is 8.00. The van der Waals surface area contributed by atoms with Crippen molar-refractivity contribution in [2.75, 3.05) is 11.8 Å². The van der Waals surface area contributed by atoms with E-state index in [9.17, 15) is 12.8 Å². The monoisotopic (exact) mass is 361 g/mol. The second-order valence-electron chi connectivity index (χ2n) is 4.13. The molecule has 2 aromatic rings. The summed E-state index contributed by atoms with van der Waals surface area (Å²) in [5.74, 6) is -0.453. The number of anilines is 1. The summed E-state index contributed by atoms with van der Waals surface area (Å²) >= 11 is 3.01. The molecule has 0 amide bonds.